The SMILES string of the molecule is CCOC(=O)[C@]12CCC(C)(C)C[C@@H]1[C@H]1C(=O)C=C3[C@@]4(C)C=C(C#N)C(=O)C(C)(C)C4CC[C@@]3(C)[C@]1(C)CC2. The first-order valence-electron chi connectivity index (χ1n) is 14.7. The van der Waals surface area contributed by atoms with Crippen LogP contribution in [-0.2, 0) is 19.1 Å². The van der Waals surface area contributed by atoms with E-state index in [0.717, 1.165) is 50.5 Å². The zero-order chi connectivity index (χ0) is 28.1. The van der Waals surface area contributed by atoms with Crippen LogP contribution >= 0.6 is 0 Å². The molecule has 0 bridgehead atoms. The van der Waals surface area contributed by atoms with Crippen LogP contribution in [0.1, 0.15) is 100 Å². The number of Topliss-reactive ketones (excluding diaryl/α,β-unsaturated/α-hetero) is 1. The van der Waals surface area contributed by atoms with E-state index in [9.17, 15) is 19.6 Å². The fourth-order valence-corrected chi connectivity index (χ4v) is 10.3. The number of ether oxygens (including phenoxy) is 1. The maximum Gasteiger partial charge on any atom is 0.312 e. The van der Waals surface area contributed by atoms with Crippen LogP contribution in [-0.4, -0.2) is 24.1 Å². The minimum atomic E-state index is -0.670. The standard InChI is InChI=1S/C33H45NO4/c1-9-38-27(37)33-14-12-28(2,3)18-21(33)25-22(35)16-24-30(6)17-20(19-34)26(36)29(4,5)23(30)10-11-31(24,7)32(25,8)13-15-33/h16-17,21,23,25H,9-15,18H2,1-8H3/t21-,23?,25+,30+,31-,32-,33+/m1/s1. The van der Waals surface area contributed by atoms with E-state index >= 15 is 0 Å². The average Bonchev–Trinajstić information content (AvgIpc) is 2.82. The second-order valence-electron chi connectivity index (χ2n) is 15.1. The van der Waals surface area contributed by atoms with Crippen LogP contribution in [0, 0.1) is 61.6 Å². The lowest BCUT2D eigenvalue weighted by Crippen LogP contribution is -2.66. The molecule has 5 nitrogen and oxygen atoms in total. The molecule has 0 N–H and O–H groups in total. The summed E-state index contributed by atoms with van der Waals surface area (Å²) in [4.78, 5) is 41.3. The van der Waals surface area contributed by atoms with E-state index in [1.54, 1.807) is 0 Å². The third-order valence-electron chi connectivity index (χ3n) is 12.5. The molecule has 0 aromatic rings. The second kappa shape index (κ2) is 8.15. The Morgan fingerprint density at radius 3 is 2.32 bits per heavy atom. The van der Waals surface area contributed by atoms with Crippen molar-refractivity contribution < 1.29 is 19.1 Å². The molecule has 0 amide bonds. The van der Waals surface area contributed by atoms with Crippen molar-refractivity contribution in [2.75, 3.05) is 6.61 Å². The monoisotopic (exact) mass is 519 g/mol. The van der Waals surface area contributed by atoms with Crippen molar-refractivity contribution in [3.8, 4) is 6.07 Å². The van der Waals surface area contributed by atoms with Crippen LogP contribution in [0.5, 0.6) is 0 Å². The van der Waals surface area contributed by atoms with Gasteiger partial charge in [0.05, 0.1) is 17.6 Å². The maximum absolute atomic E-state index is 14.4. The summed E-state index contributed by atoms with van der Waals surface area (Å²) in [6.07, 6.45) is 9.69. The fraction of sp³-hybridized carbons (Fsp3) is 0.758. The Balaban J connectivity index is 1.69. The minimum Gasteiger partial charge on any atom is -0.466 e. The lowest BCUT2D eigenvalue weighted by atomic mass is 9.34. The maximum atomic E-state index is 14.4. The molecule has 0 spiro atoms. The number of ketones is 2. The Morgan fingerprint density at radius 1 is 1.03 bits per heavy atom. The van der Waals surface area contributed by atoms with E-state index in [-0.39, 0.29) is 57.1 Å². The van der Waals surface area contributed by atoms with Gasteiger partial charge in [-0.2, -0.15) is 5.26 Å². The molecule has 0 aromatic heterocycles. The number of fused-ring (bicyclic) bond motifs is 7. The van der Waals surface area contributed by atoms with Crippen molar-refractivity contribution in [1.29, 1.82) is 5.26 Å². The molecule has 0 aliphatic heterocycles. The molecule has 3 fully saturated rings. The van der Waals surface area contributed by atoms with E-state index in [1.807, 2.05) is 32.9 Å². The van der Waals surface area contributed by atoms with E-state index in [0.29, 0.717) is 6.61 Å². The van der Waals surface area contributed by atoms with Crippen LogP contribution in [0.15, 0.2) is 23.3 Å². The molecular weight excluding hydrogens is 474 g/mol. The molecule has 0 saturated heterocycles. The molecule has 5 rings (SSSR count). The van der Waals surface area contributed by atoms with Gasteiger partial charge in [-0.05, 0) is 86.0 Å². The van der Waals surface area contributed by atoms with Crippen LogP contribution in [0.4, 0.5) is 0 Å². The summed E-state index contributed by atoms with van der Waals surface area (Å²) in [7, 11) is 0. The molecule has 206 valence electrons. The summed E-state index contributed by atoms with van der Waals surface area (Å²) in [5.41, 5.74) is -1.02. The van der Waals surface area contributed by atoms with Gasteiger partial charge in [0.1, 0.15) is 6.07 Å². The zero-order valence-corrected chi connectivity index (χ0v) is 24.6. The van der Waals surface area contributed by atoms with Crippen molar-refractivity contribution in [2.24, 2.45) is 50.2 Å². The molecule has 5 aliphatic carbocycles. The van der Waals surface area contributed by atoms with Crippen LogP contribution in [0.2, 0.25) is 0 Å². The predicted octanol–water partition coefficient (Wildman–Crippen LogP) is 6.77. The lowest BCUT2D eigenvalue weighted by Gasteiger charge is -2.68. The number of hydrogen-bond donors (Lipinski definition) is 0. The highest BCUT2D eigenvalue weighted by atomic mass is 16.5. The van der Waals surface area contributed by atoms with Gasteiger partial charge in [0, 0.05) is 16.7 Å². The van der Waals surface area contributed by atoms with Gasteiger partial charge in [0.15, 0.2) is 11.6 Å². The zero-order valence-electron chi connectivity index (χ0n) is 24.6. The third-order valence-corrected chi connectivity index (χ3v) is 12.5. The Labute approximate surface area is 228 Å². The topological polar surface area (TPSA) is 84.2 Å². The Bertz CT molecular complexity index is 1220. The molecule has 38 heavy (non-hydrogen) atoms. The summed E-state index contributed by atoms with van der Waals surface area (Å²) in [5.74, 6) is -0.334. The summed E-state index contributed by atoms with van der Waals surface area (Å²) >= 11 is 0. The largest absolute Gasteiger partial charge is 0.466 e. The average molecular weight is 520 g/mol. The number of esters is 1. The van der Waals surface area contributed by atoms with Gasteiger partial charge in [-0.25, -0.2) is 0 Å². The predicted molar refractivity (Wildman–Crippen MR) is 146 cm³/mol. The van der Waals surface area contributed by atoms with Gasteiger partial charge < -0.3 is 4.74 Å². The number of carbonyl (C=O) groups is 3. The van der Waals surface area contributed by atoms with Crippen molar-refractivity contribution in [3.63, 3.8) is 0 Å². The molecule has 7 atom stereocenters. The van der Waals surface area contributed by atoms with Crippen molar-refractivity contribution >= 4 is 17.5 Å². The first-order chi connectivity index (χ1) is 17.5. The molecule has 0 heterocycles. The van der Waals surface area contributed by atoms with Crippen LogP contribution in [0.3, 0.4) is 0 Å². The fourth-order valence-electron chi connectivity index (χ4n) is 10.3. The highest BCUT2D eigenvalue weighted by Gasteiger charge is 2.71. The van der Waals surface area contributed by atoms with Gasteiger partial charge in [-0.3, -0.25) is 14.4 Å². The molecular formula is C33H45NO4. The van der Waals surface area contributed by atoms with E-state index in [4.69, 9.17) is 4.74 Å². The van der Waals surface area contributed by atoms with Gasteiger partial charge in [0.2, 0.25) is 0 Å². The van der Waals surface area contributed by atoms with Crippen molar-refractivity contribution in [1.82, 2.24) is 0 Å². The van der Waals surface area contributed by atoms with Gasteiger partial charge in [-0.1, -0.05) is 60.1 Å². The van der Waals surface area contributed by atoms with E-state index in [2.05, 4.69) is 40.7 Å². The Kier molecular flexibility index (Phi) is 5.87. The molecule has 5 aliphatic rings. The first-order valence-corrected chi connectivity index (χ1v) is 14.7. The first kappa shape index (κ1) is 27.4. The number of nitriles is 1. The normalized spacial score (nSPS) is 44.8. The molecule has 0 aromatic carbocycles. The molecule has 1 unspecified atom stereocenters. The van der Waals surface area contributed by atoms with Crippen LogP contribution in [0.25, 0.3) is 0 Å². The summed E-state index contributed by atoms with van der Waals surface area (Å²) in [6, 6.07) is 2.18. The van der Waals surface area contributed by atoms with E-state index < -0.39 is 16.2 Å². The number of hydrogen-bond acceptors (Lipinski definition) is 5. The highest BCUT2D eigenvalue weighted by molar-refractivity contribution is 6.04. The quantitative estimate of drug-likeness (QED) is 0.376. The van der Waals surface area contributed by atoms with Crippen LogP contribution < -0.4 is 0 Å². The second-order valence-corrected chi connectivity index (χ2v) is 15.1. The van der Waals surface area contributed by atoms with Gasteiger partial charge in [-0.15, -0.1) is 0 Å². The number of allylic oxidation sites excluding steroid dienone is 4. The van der Waals surface area contributed by atoms with Crippen molar-refractivity contribution in [3.05, 3.63) is 23.3 Å². The summed E-state index contributed by atoms with van der Waals surface area (Å²) in [5, 5.41) is 9.88. The van der Waals surface area contributed by atoms with E-state index in [1.165, 1.54) is 0 Å². The molecule has 5 heteroatoms. The summed E-state index contributed by atoms with van der Waals surface area (Å²) in [6.45, 7) is 17.5. The summed E-state index contributed by atoms with van der Waals surface area (Å²) < 4.78 is 5.70. The minimum absolute atomic E-state index is 0.0303. The highest BCUT2D eigenvalue weighted by Crippen LogP contribution is 2.74. The smallest absolute Gasteiger partial charge is 0.312 e. The Hall–Kier alpha value is -2.22. The number of rotatable bonds is 2. The van der Waals surface area contributed by atoms with Gasteiger partial charge in [0.25, 0.3) is 0 Å². The molecule has 3 saturated carbocycles. The molecule has 0 radical (unpaired) electrons. The lowest BCUT2D eigenvalue weighted by molar-refractivity contribution is -0.192. The third kappa shape index (κ3) is 3.24. The van der Waals surface area contributed by atoms with Gasteiger partial charge >= 0.3 is 5.97 Å². The Morgan fingerprint density at radius 2 is 1.68 bits per heavy atom. The number of carbonyl (C=O) groups excluding carboxylic acids is 3. The van der Waals surface area contributed by atoms with Crippen molar-refractivity contribution in [2.45, 2.75) is 100 Å². The number of nitrogens with zero attached hydrogens (tertiary/aromatic N) is 1.